The standard InChI is InChI=1S/C74H73N3O/c1-73(2,3)61-44-59(43-60(45-61)67-46-58(39-40-75-67)55-36-34-54(35-37-55)53-32-30-52(31-33-53)51-21-10-7-11-22-51)63-27-18-28-69-70(63)76-72(66-48-62(74(4,5)6)47-65(71(66)78)57-25-14-9-15-26-57)77(69)68-38-29-50(41-49-19-16-17-20-49)42-64(68)56-23-12-8-13-24-56/h7-15,18,21-29,34-40,42-49,52-53,78H,16-17,19-20,30-33,41H2,1-6H3/i52D,53D. The molecule has 0 amide bonds. The van der Waals surface area contributed by atoms with Crippen molar-refractivity contribution in [3.8, 4) is 78.6 Å². The Morgan fingerprint density at radius 3 is 1.73 bits per heavy atom. The zero-order chi connectivity index (χ0) is 55.4. The van der Waals surface area contributed by atoms with Gasteiger partial charge in [0, 0.05) is 31.2 Å². The minimum absolute atomic E-state index is 0.194. The van der Waals surface area contributed by atoms with Crippen molar-refractivity contribution in [1.82, 2.24) is 14.5 Å². The summed E-state index contributed by atoms with van der Waals surface area (Å²) < 4.78 is 21.2. The Morgan fingerprint density at radius 2 is 1.08 bits per heavy atom. The number of imidazole rings is 1. The first-order chi connectivity index (χ1) is 38.5. The molecule has 1 N–H and O–H groups in total. The Kier molecular flexibility index (Phi) is 13.2. The third-order valence-electron chi connectivity index (χ3n) is 16.8. The Labute approximate surface area is 465 Å². The first kappa shape index (κ1) is 48.5. The SMILES string of the molecule is [2H]C1(c2ccccc2)CCC([2H])(c2ccc(-c3ccnc(-c4cc(-c5cccc6c5nc(-c5cc(C(C)(C)C)cc(-c7ccccc7)c5O)n6-c5ccc(CC6CCCC6)cc5-c5ccccc5)cc(C(C)(C)C)c4)c3)cc2)CC1. The van der Waals surface area contributed by atoms with Gasteiger partial charge in [-0.15, -0.1) is 0 Å². The van der Waals surface area contributed by atoms with Crippen LogP contribution in [0, 0.1) is 5.92 Å². The van der Waals surface area contributed by atoms with E-state index in [1.54, 1.807) is 0 Å². The van der Waals surface area contributed by atoms with Gasteiger partial charge in [0.1, 0.15) is 11.6 Å². The molecule has 8 aromatic carbocycles. The third-order valence-corrected chi connectivity index (χ3v) is 16.8. The van der Waals surface area contributed by atoms with E-state index in [4.69, 9.17) is 9.97 Å². The summed E-state index contributed by atoms with van der Waals surface area (Å²) in [5.41, 5.74) is 18.8. The van der Waals surface area contributed by atoms with Crippen LogP contribution in [-0.4, -0.2) is 19.6 Å². The van der Waals surface area contributed by atoms with Crippen LogP contribution < -0.4 is 0 Å². The average molecular weight is 1020 g/mol. The smallest absolute Gasteiger partial charge is 0.149 e. The molecular weight excluding hydrogens is 947 g/mol. The molecule has 12 rings (SSSR count). The van der Waals surface area contributed by atoms with Gasteiger partial charge in [-0.2, -0.15) is 0 Å². The highest BCUT2D eigenvalue weighted by molar-refractivity contribution is 5.98. The van der Waals surface area contributed by atoms with Gasteiger partial charge < -0.3 is 5.11 Å². The Hall–Kier alpha value is -7.82. The molecule has 0 spiro atoms. The van der Waals surface area contributed by atoms with Crippen molar-refractivity contribution in [3.05, 3.63) is 228 Å². The van der Waals surface area contributed by atoms with Crippen LogP contribution in [0.3, 0.4) is 0 Å². The summed E-state index contributed by atoms with van der Waals surface area (Å²) >= 11 is 0. The van der Waals surface area contributed by atoms with E-state index in [-0.39, 0.29) is 16.6 Å². The highest BCUT2D eigenvalue weighted by atomic mass is 16.3. The summed E-state index contributed by atoms with van der Waals surface area (Å²) in [5.74, 6) is 0.197. The molecule has 0 atom stereocenters. The van der Waals surface area contributed by atoms with E-state index in [0.29, 0.717) is 43.0 Å². The maximum atomic E-state index is 12.8. The molecular formula is C74H73N3O. The van der Waals surface area contributed by atoms with E-state index in [1.165, 1.54) is 36.8 Å². The molecule has 2 aromatic heterocycles. The highest BCUT2D eigenvalue weighted by Crippen LogP contribution is 2.47. The van der Waals surface area contributed by atoms with Gasteiger partial charge in [-0.05, 0) is 171 Å². The molecule has 4 nitrogen and oxygen atoms in total. The fourth-order valence-electron chi connectivity index (χ4n) is 12.3. The molecule has 78 heavy (non-hydrogen) atoms. The second-order valence-electron chi connectivity index (χ2n) is 24.2. The molecule has 4 heteroatoms. The molecule has 0 radical (unpaired) electrons. The van der Waals surface area contributed by atoms with Crippen LogP contribution in [0.2, 0.25) is 0 Å². The minimum Gasteiger partial charge on any atom is -0.507 e. The zero-order valence-corrected chi connectivity index (χ0v) is 46.3. The summed E-state index contributed by atoms with van der Waals surface area (Å²) in [7, 11) is 0. The number of phenols is 1. The predicted molar refractivity (Wildman–Crippen MR) is 327 cm³/mol. The average Bonchev–Trinajstić information content (AvgIpc) is 4.07. The maximum Gasteiger partial charge on any atom is 0.149 e. The first-order valence-corrected chi connectivity index (χ1v) is 28.4. The van der Waals surface area contributed by atoms with Crippen molar-refractivity contribution < 1.29 is 7.85 Å². The number of pyridine rings is 1. The first-order valence-electron chi connectivity index (χ1n) is 29.4. The number of fused-ring (bicyclic) bond motifs is 1. The number of benzene rings is 8. The monoisotopic (exact) mass is 1020 g/mol. The Balaban J connectivity index is 0.993. The lowest BCUT2D eigenvalue weighted by atomic mass is 9.76. The van der Waals surface area contributed by atoms with E-state index < -0.39 is 11.8 Å². The molecule has 0 aliphatic heterocycles. The van der Waals surface area contributed by atoms with Crippen molar-refractivity contribution in [2.75, 3.05) is 0 Å². The summed E-state index contributed by atoms with van der Waals surface area (Å²) in [4.78, 5) is 10.8. The third kappa shape index (κ3) is 10.4. The van der Waals surface area contributed by atoms with Crippen molar-refractivity contribution in [2.45, 2.75) is 122 Å². The zero-order valence-electron chi connectivity index (χ0n) is 48.3. The van der Waals surface area contributed by atoms with Gasteiger partial charge in [0.15, 0.2) is 0 Å². The summed E-state index contributed by atoms with van der Waals surface area (Å²) in [6, 6.07) is 68.8. The van der Waals surface area contributed by atoms with Crippen LogP contribution in [0.25, 0.3) is 83.9 Å². The Bertz CT molecular complexity index is 3850. The highest BCUT2D eigenvalue weighted by Gasteiger charge is 2.29. The molecule has 0 saturated heterocycles. The number of aromatic nitrogens is 3. The maximum absolute atomic E-state index is 12.8. The lowest BCUT2D eigenvalue weighted by Gasteiger charge is -2.29. The fraction of sp³-hybridized carbons (Fsp3) is 0.270. The van der Waals surface area contributed by atoms with Crippen molar-refractivity contribution in [2.24, 2.45) is 5.92 Å². The number of para-hydroxylation sites is 1. The van der Waals surface area contributed by atoms with Gasteiger partial charge in [-0.25, -0.2) is 4.98 Å². The van der Waals surface area contributed by atoms with Crippen molar-refractivity contribution in [1.29, 1.82) is 0 Å². The second-order valence-corrected chi connectivity index (χ2v) is 24.2. The number of aromatic hydroxyl groups is 1. The lowest BCUT2D eigenvalue weighted by Crippen LogP contribution is -2.12. The molecule has 10 aromatic rings. The summed E-state index contributed by atoms with van der Waals surface area (Å²) in [6.07, 6.45) is 10.8. The van der Waals surface area contributed by atoms with Crippen LogP contribution in [-0.2, 0) is 17.3 Å². The largest absolute Gasteiger partial charge is 0.507 e. The lowest BCUT2D eigenvalue weighted by molar-refractivity contribution is 0.396. The van der Waals surface area contributed by atoms with Crippen molar-refractivity contribution >= 4 is 11.0 Å². The van der Waals surface area contributed by atoms with Gasteiger partial charge in [0.25, 0.3) is 0 Å². The van der Waals surface area contributed by atoms with Crippen LogP contribution in [0.5, 0.6) is 5.75 Å². The molecule has 390 valence electrons. The molecule has 2 aliphatic carbocycles. The van der Waals surface area contributed by atoms with Crippen LogP contribution in [0.4, 0.5) is 0 Å². The molecule has 2 aliphatic rings. The predicted octanol–water partition coefficient (Wildman–Crippen LogP) is 19.9. The fourth-order valence-corrected chi connectivity index (χ4v) is 12.3. The van der Waals surface area contributed by atoms with E-state index in [9.17, 15) is 7.85 Å². The van der Waals surface area contributed by atoms with Crippen LogP contribution >= 0.6 is 0 Å². The van der Waals surface area contributed by atoms with E-state index in [1.807, 2.05) is 42.6 Å². The van der Waals surface area contributed by atoms with Gasteiger partial charge >= 0.3 is 0 Å². The normalized spacial score (nSPS) is 18.5. The van der Waals surface area contributed by atoms with Crippen LogP contribution in [0.1, 0.15) is 135 Å². The molecule has 0 unspecified atom stereocenters. The van der Waals surface area contributed by atoms with Crippen LogP contribution in [0.15, 0.2) is 200 Å². The molecule has 2 saturated carbocycles. The quantitative estimate of drug-likeness (QED) is 0.140. The topological polar surface area (TPSA) is 50.9 Å². The second kappa shape index (κ2) is 21.2. The summed E-state index contributed by atoms with van der Waals surface area (Å²) in [6.45, 7) is 13.5. The number of hydrogen-bond donors (Lipinski definition) is 1. The number of hydrogen-bond acceptors (Lipinski definition) is 3. The van der Waals surface area contributed by atoms with Gasteiger partial charge in [-0.1, -0.05) is 207 Å². The molecule has 2 heterocycles. The number of rotatable bonds is 11. The van der Waals surface area contributed by atoms with Gasteiger partial charge in [-0.3, -0.25) is 9.55 Å². The van der Waals surface area contributed by atoms with E-state index in [0.717, 1.165) is 95.6 Å². The summed E-state index contributed by atoms with van der Waals surface area (Å²) in [5, 5.41) is 12.8. The van der Waals surface area contributed by atoms with E-state index >= 15 is 0 Å². The Morgan fingerprint density at radius 1 is 0.487 bits per heavy atom. The van der Waals surface area contributed by atoms with Gasteiger partial charge in [0.2, 0.25) is 0 Å². The number of nitrogens with zero attached hydrogens (tertiary/aromatic N) is 3. The molecule has 0 bridgehead atoms. The van der Waals surface area contributed by atoms with Crippen molar-refractivity contribution in [3.63, 3.8) is 0 Å². The van der Waals surface area contributed by atoms with E-state index in [2.05, 4.69) is 204 Å². The molecule has 2 fully saturated rings. The number of phenolic OH excluding ortho intramolecular Hbond substituents is 1. The van der Waals surface area contributed by atoms with Gasteiger partial charge in [0.05, 0.1) is 28.0 Å². The minimum atomic E-state index is -0.726.